The molecule has 1 N–H and O–H groups in total. The SMILES string of the molecule is CCNC(CC1CCCC1)c1cnc(C)s1. The molecule has 1 unspecified atom stereocenters. The normalized spacial score (nSPS) is 19.1. The summed E-state index contributed by atoms with van der Waals surface area (Å²) < 4.78 is 0. The lowest BCUT2D eigenvalue weighted by Gasteiger charge is -2.19. The summed E-state index contributed by atoms with van der Waals surface area (Å²) >= 11 is 1.85. The fraction of sp³-hybridized carbons (Fsp3) is 0.769. The minimum absolute atomic E-state index is 0.541. The first-order valence-electron chi connectivity index (χ1n) is 6.45. The lowest BCUT2D eigenvalue weighted by molar-refractivity contribution is 0.404. The van der Waals surface area contributed by atoms with Crippen molar-refractivity contribution >= 4 is 11.3 Å². The molecule has 0 spiro atoms. The maximum absolute atomic E-state index is 4.37. The highest BCUT2D eigenvalue weighted by Crippen LogP contribution is 2.34. The summed E-state index contributed by atoms with van der Waals surface area (Å²) in [6.45, 7) is 5.33. The van der Waals surface area contributed by atoms with Crippen LogP contribution in [0.5, 0.6) is 0 Å². The minimum Gasteiger partial charge on any atom is -0.309 e. The third-order valence-corrected chi connectivity index (χ3v) is 4.50. The van der Waals surface area contributed by atoms with Crippen LogP contribution in [0.2, 0.25) is 0 Å². The van der Waals surface area contributed by atoms with Gasteiger partial charge in [-0.15, -0.1) is 11.3 Å². The molecule has 0 saturated heterocycles. The van der Waals surface area contributed by atoms with Crippen LogP contribution >= 0.6 is 11.3 Å². The van der Waals surface area contributed by atoms with Crippen molar-refractivity contribution in [3.8, 4) is 0 Å². The molecular formula is C13H22N2S. The molecule has 1 aliphatic rings. The standard InChI is InChI=1S/C13H22N2S/c1-3-14-12(8-11-6-4-5-7-11)13-9-15-10(2)16-13/h9,11-12,14H,3-8H2,1-2H3. The summed E-state index contributed by atoms with van der Waals surface area (Å²) in [4.78, 5) is 5.80. The van der Waals surface area contributed by atoms with Gasteiger partial charge in [0.2, 0.25) is 0 Å². The van der Waals surface area contributed by atoms with Crippen LogP contribution in [-0.4, -0.2) is 11.5 Å². The summed E-state index contributed by atoms with van der Waals surface area (Å²) in [6, 6.07) is 0.541. The molecule has 1 heterocycles. The highest BCUT2D eigenvalue weighted by molar-refractivity contribution is 7.11. The number of aromatic nitrogens is 1. The van der Waals surface area contributed by atoms with Gasteiger partial charge in [-0.1, -0.05) is 32.6 Å². The molecule has 90 valence electrons. The Morgan fingerprint density at radius 2 is 2.25 bits per heavy atom. The first-order chi connectivity index (χ1) is 7.79. The molecule has 1 aromatic rings. The molecule has 0 radical (unpaired) electrons. The smallest absolute Gasteiger partial charge is 0.0897 e. The third-order valence-electron chi connectivity index (χ3n) is 3.48. The Balaban J connectivity index is 1.98. The zero-order valence-electron chi connectivity index (χ0n) is 10.3. The molecular weight excluding hydrogens is 216 g/mol. The van der Waals surface area contributed by atoms with Gasteiger partial charge in [0, 0.05) is 17.1 Å². The van der Waals surface area contributed by atoms with Crippen LogP contribution in [0.1, 0.15) is 55.0 Å². The van der Waals surface area contributed by atoms with E-state index >= 15 is 0 Å². The molecule has 0 aromatic carbocycles. The van der Waals surface area contributed by atoms with Gasteiger partial charge in [0.25, 0.3) is 0 Å². The maximum Gasteiger partial charge on any atom is 0.0897 e. The molecule has 0 bridgehead atoms. The van der Waals surface area contributed by atoms with E-state index in [4.69, 9.17) is 0 Å². The topological polar surface area (TPSA) is 24.9 Å². The van der Waals surface area contributed by atoms with Gasteiger partial charge in [-0.05, 0) is 25.8 Å². The molecule has 1 aromatic heterocycles. The average Bonchev–Trinajstić information content (AvgIpc) is 2.88. The number of thiazole rings is 1. The number of nitrogens with one attached hydrogen (secondary N) is 1. The van der Waals surface area contributed by atoms with Crippen LogP contribution in [0.3, 0.4) is 0 Å². The van der Waals surface area contributed by atoms with Gasteiger partial charge in [0.15, 0.2) is 0 Å². The van der Waals surface area contributed by atoms with E-state index in [-0.39, 0.29) is 0 Å². The van der Waals surface area contributed by atoms with Crippen LogP contribution in [0.25, 0.3) is 0 Å². The van der Waals surface area contributed by atoms with Gasteiger partial charge in [-0.2, -0.15) is 0 Å². The molecule has 2 nitrogen and oxygen atoms in total. The van der Waals surface area contributed by atoms with E-state index in [2.05, 4.69) is 30.3 Å². The molecule has 0 amide bonds. The number of hydrogen-bond donors (Lipinski definition) is 1. The Labute approximate surface area is 102 Å². The van der Waals surface area contributed by atoms with Crippen molar-refractivity contribution in [2.24, 2.45) is 5.92 Å². The van der Waals surface area contributed by atoms with E-state index < -0.39 is 0 Å². The Morgan fingerprint density at radius 3 is 2.81 bits per heavy atom. The van der Waals surface area contributed by atoms with Crippen LogP contribution < -0.4 is 5.32 Å². The molecule has 2 rings (SSSR count). The van der Waals surface area contributed by atoms with Crippen molar-refractivity contribution in [1.29, 1.82) is 0 Å². The maximum atomic E-state index is 4.37. The highest BCUT2D eigenvalue weighted by Gasteiger charge is 2.21. The average molecular weight is 238 g/mol. The van der Waals surface area contributed by atoms with E-state index in [1.807, 2.05) is 11.3 Å². The Morgan fingerprint density at radius 1 is 1.50 bits per heavy atom. The first-order valence-corrected chi connectivity index (χ1v) is 7.27. The number of aryl methyl sites for hydroxylation is 1. The number of nitrogens with zero attached hydrogens (tertiary/aromatic N) is 1. The lowest BCUT2D eigenvalue weighted by atomic mass is 9.98. The fourth-order valence-electron chi connectivity index (χ4n) is 2.66. The van der Waals surface area contributed by atoms with Crippen LogP contribution in [0.15, 0.2) is 6.20 Å². The van der Waals surface area contributed by atoms with Crippen molar-refractivity contribution < 1.29 is 0 Å². The van der Waals surface area contributed by atoms with E-state index in [1.54, 1.807) is 0 Å². The Kier molecular flexibility index (Phi) is 4.36. The van der Waals surface area contributed by atoms with E-state index in [0.717, 1.165) is 12.5 Å². The molecule has 0 aliphatic heterocycles. The van der Waals surface area contributed by atoms with E-state index in [9.17, 15) is 0 Å². The second-order valence-corrected chi connectivity index (χ2v) is 6.04. The van der Waals surface area contributed by atoms with Crippen LogP contribution in [-0.2, 0) is 0 Å². The summed E-state index contributed by atoms with van der Waals surface area (Å²) in [7, 11) is 0. The molecule has 16 heavy (non-hydrogen) atoms. The van der Waals surface area contributed by atoms with E-state index in [1.165, 1.54) is 42.0 Å². The quantitative estimate of drug-likeness (QED) is 0.846. The van der Waals surface area contributed by atoms with Crippen molar-refractivity contribution in [1.82, 2.24) is 10.3 Å². The second kappa shape index (κ2) is 5.78. The molecule has 1 saturated carbocycles. The molecule has 1 fully saturated rings. The summed E-state index contributed by atoms with van der Waals surface area (Å²) in [5.41, 5.74) is 0. The monoisotopic (exact) mass is 238 g/mol. The van der Waals surface area contributed by atoms with Gasteiger partial charge in [-0.25, -0.2) is 4.98 Å². The highest BCUT2D eigenvalue weighted by atomic mass is 32.1. The van der Waals surface area contributed by atoms with Gasteiger partial charge < -0.3 is 5.32 Å². The van der Waals surface area contributed by atoms with Crippen LogP contribution in [0.4, 0.5) is 0 Å². The summed E-state index contributed by atoms with van der Waals surface area (Å²) in [5.74, 6) is 0.937. The van der Waals surface area contributed by atoms with E-state index in [0.29, 0.717) is 6.04 Å². The fourth-order valence-corrected chi connectivity index (χ4v) is 3.54. The van der Waals surface area contributed by atoms with Gasteiger partial charge >= 0.3 is 0 Å². The zero-order valence-corrected chi connectivity index (χ0v) is 11.1. The van der Waals surface area contributed by atoms with Crippen LogP contribution in [0, 0.1) is 12.8 Å². The Bertz CT molecular complexity index is 315. The largest absolute Gasteiger partial charge is 0.309 e. The van der Waals surface area contributed by atoms with Crippen molar-refractivity contribution in [3.05, 3.63) is 16.1 Å². The molecule has 3 heteroatoms. The predicted octanol–water partition coefficient (Wildman–Crippen LogP) is 3.68. The van der Waals surface area contributed by atoms with Crippen molar-refractivity contribution in [3.63, 3.8) is 0 Å². The molecule has 1 aliphatic carbocycles. The number of hydrogen-bond acceptors (Lipinski definition) is 3. The Hall–Kier alpha value is -0.410. The molecule has 1 atom stereocenters. The number of rotatable bonds is 5. The van der Waals surface area contributed by atoms with Gasteiger partial charge in [0.05, 0.1) is 5.01 Å². The second-order valence-electron chi connectivity index (χ2n) is 4.78. The van der Waals surface area contributed by atoms with Gasteiger partial charge in [0.1, 0.15) is 0 Å². The summed E-state index contributed by atoms with van der Waals surface area (Å²) in [5, 5.41) is 4.79. The van der Waals surface area contributed by atoms with Crippen molar-refractivity contribution in [2.45, 2.75) is 52.0 Å². The van der Waals surface area contributed by atoms with Gasteiger partial charge in [-0.3, -0.25) is 0 Å². The predicted molar refractivity (Wildman–Crippen MR) is 69.8 cm³/mol. The summed E-state index contributed by atoms with van der Waals surface area (Å²) in [6.07, 6.45) is 9.09. The lowest BCUT2D eigenvalue weighted by Crippen LogP contribution is -2.22. The van der Waals surface area contributed by atoms with Crippen molar-refractivity contribution in [2.75, 3.05) is 6.54 Å². The minimum atomic E-state index is 0.541. The third kappa shape index (κ3) is 3.05. The first kappa shape index (κ1) is 12.1. The zero-order chi connectivity index (χ0) is 11.4.